The largest absolute Gasteiger partial charge is 0.307 e. The van der Waals surface area contributed by atoms with Crippen LogP contribution in [0.4, 0.5) is 0 Å². The molecule has 0 amide bonds. The van der Waals surface area contributed by atoms with Crippen LogP contribution in [0.15, 0.2) is 25.0 Å². The molecule has 64 valence electrons. The Bertz CT molecular complexity index is 295. The van der Waals surface area contributed by atoms with Crippen LogP contribution in [0.3, 0.4) is 0 Å². The average molecular weight is 162 g/mol. The fourth-order valence-electron chi connectivity index (χ4n) is 1.20. The van der Waals surface area contributed by atoms with E-state index in [1.54, 1.807) is 12.4 Å². The number of nitrogens with zero attached hydrogens (tertiary/aromatic N) is 2. The van der Waals surface area contributed by atoms with E-state index in [4.69, 9.17) is 0 Å². The quantitative estimate of drug-likeness (QED) is 0.668. The molecule has 2 nitrogen and oxygen atoms in total. The molecule has 0 bridgehead atoms. The first-order valence-electron chi connectivity index (χ1n) is 4.14. The van der Waals surface area contributed by atoms with Gasteiger partial charge in [-0.1, -0.05) is 19.6 Å². The molecular weight excluding hydrogens is 148 g/mol. The third kappa shape index (κ3) is 1.47. The van der Waals surface area contributed by atoms with Gasteiger partial charge in [-0.3, -0.25) is 0 Å². The van der Waals surface area contributed by atoms with E-state index in [1.165, 1.54) is 5.57 Å². The molecule has 0 aromatic carbocycles. The molecule has 2 heteroatoms. The lowest BCUT2D eigenvalue weighted by Crippen LogP contribution is -1.93. The fourth-order valence-corrected chi connectivity index (χ4v) is 1.20. The maximum absolute atomic E-state index is 4.25. The summed E-state index contributed by atoms with van der Waals surface area (Å²) in [5, 5.41) is 0. The lowest BCUT2D eigenvalue weighted by molar-refractivity contribution is 1.05. The first kappa shape index (κ1) is 8.78. The second-order valence-electron chi connectivity index (χ2n) is 2.51. The van der Waals surface area contributed by atoms with Gasteiger partial charge in [-0.05, 0) is 18.9 Å². The summed E-state index contributed by atoms with van der Waals surface area (Å²) in [6.07, 6.45) is 8.54. The summed E-state index contributed by atoms with van der Waals surface area (Å²) < 4.78 is 1.93. The van der Waals surface area contributed by atoms with E-state index < -0.39 is 0 Å². The Balaban J connectivity index is 3.08. The van der Waals surface area contributed by atoms with Crippen molar-refractivity contribution in [3.05, 3.63) is 30.9 Å². The molecule has 0 unspecified atom stereocenters. The van der Waals surface area contributed by atoms with Crippen LogP contribution >= 0.6 is 0 Å². The van der Waals surface area contributed by atoms with Gasteiger partial charge in [0.05, 0.1) is 0 Å². The first-order chi connectivity index (χ1) is 5.83. The minimum Gasteiger partial charge on any atom is -0.307 e. The Hall–Kier alpha value is -1.31. The highest BCUT2D eigenvalue weighted by atomic mass is 15.0. The normalized spacial score (nSPS) is 11.7. The molecule has 0 aliphatic heterocycles. The molecule has 0 aliphatic rings. The van der Waals surface area contributed by atoms with E-state index in [2.05, 4.69) is 24.6 Å². The van der Waals surface area contributed by atoms with Crippen molar-refractivity contribution < 1.29 is 0 Å². The van der Waals surface area contributed by atoms with Gasteiger partial charge in [-0.2, -0.15) is 0 Å². The van der Waals surface area contributed by atoms with Gasteiger partial charge >= 0.3 is 0 Å². The van der Waals surface area contributed by atoms with Gasteiger partial charge in [0.25, 0.3) is 0 Å². The Labute approximate surface area is 73.2 Å². The van der Waals surface area contributed by atoms with Crippen LogP contribution in [0, 0.1) is 0 Å². The molecule has 0 atom stereocenters. The summed E-state index contributed by atoms with van der Waals surface area (Å²) in [5.74, 6) is 0.995. The van der Waals surface area contributed by atoms with Crippen LogP contribution in [-0.2, 0) is 0 Å². The topological polar surface area (TPSA) is 17.8 Å². The molecule has 0 radical (unpaired) electrons. The summed E-state index contributed by atoms with van der Waals surface area (Å²) >= 11 is 0. The molecule has 1 rings (SSSR count). The molecule has 0 saturated carbocycles. The molecular formula is C10H14N2. The van der Waals surface area contributed by atoms with Crippen molar-refractivity contribution in [1.29, 1.82) is 0 Å². The van der Waals surface area contributed by atoms with Crippen LogP contribution in [0.2, 0.25) is 0 Å². The van der Waals surface area contributed by atoms with E-state index >= 15 is 0 Å². The third-order valence-corrected chi connectivity index (χ3v) is 1.88. The lowest BCUT2D eigenvalue weighted by Gasteiger charge is -2.03. The highest BCUT2D eigenvalue weighted by molar-refractivity contribution is 5.61. The summed E-state index contributed by atoms with van der Waals surface area (Å²) in [5.41, 5.74) is 1.25. The fraction of sp³-hybridized carbons (Fsp3) is 0.300. The minimum absolute atomic E-state index is 0.995. The van der Waals surface area contributed by atoms with Gasteiger partial charge < -0.3 is 4.57 Å². The molecule has 0 aliphatic carbocycles. The number of imidazole rings is 1. The zero-order valence-corrected chi connectivity index (χ0v) is 7.62. The van der Waals surface area contributed by atoms with E-state index in [0.717, 1.165) is 12.2 Å². The second-order valence-corrected chi connectivity index (χ2v) is 2.51. The first-order valence-corrected chi connectivity index (χ1v) is 4.14. The number of hydrogen-bond donors (Lipinski definition) is 0. The minimum atomic E-state index is 0.995. The Morgan fingerprint density at radius 1 is 1.75 bits per heavy atom. The highest BCUT2D eigenvalue weighted by Gasteiger charge is 2.02. The van der Waals surface area contributed by atoms with Crippen LogP contribution in [0.5, 0.6) is 0 Å². The molecule has 12 heavy (non-hydrogen) atoms. The number of aromatic nitrogens is 2. The Morgan fingerprint density at radius 3 is 3.00 bits per heavy atom. The molecule has 1 aromatic rings. The van der Waals surface area contributed by atoms with Crippen molar-refractivity contribution in [1.82, 2.24) is 9.55 Å². The lowest BCUT2D eigenvalue weighted by atomic mass is 10.2. The predicted molar refractivity (Wildman–Crippen MR) is 52.6 cm³/mol. The van der Waals surface area contributed by atoms with Gasteiger partial charge in [-0.25, -0.2) is 4.98 Å². The Kier molecular flexibility index (Phi) is 2.86. The highest BCUT2D eigenvalue weighted by Crippen LogP contribution is 2.15. The number of rotatable bonds is 3. The average Bonchev–Trinajstić information content (AvgIpc) is 2.55. The summed E-state index contributed by atoms with van der Waals surface area (Å²) in [7, 11) is 0. The van der Waals surface area contributed by atoms with Crippen LogP contribution in [-0.4, -0.2) is 9.55 Å². The zero-order valence-electron chi connectivity index (χ0n) is 7.62. The maximum Gasteiger partial charge on any atom is 0.139 e. The smallest absolute Gasteiger partial charge is 0.139 e. The number of hydrogen-bond acceptors (Lipinski definition) is 1. The maximum atomic E-state index is 4.25. The van der Waals surface area contributed by atoms with E-state index in [0.29, 0.717) is 0 Å². The second kappa shape index (κ2) is 3.90. The molecule has 1 heterocycles. The molecule has 0 spiro atoms. The SMILES string of the molecule is C=Cn1ccnc1C(=CC)CC. The van der Waals surface area contributed by atoms with Gasteiger partial charge in [0.1, 0.15) is 5.82 Å². The van der Waals surface area contributed by atoms with Gasteiger partial charge in [0.2, 0.25) is 0 Å². The van der Waals surface area contributed by atoms with Crippen LogP contribution in [0.25, 0.3) is 11.8 Å². The summed E-state index contributed by atoms with van der Waals surface area (Å²) in [4.78, 5) is 4.25. The van der Waals surface area contributed by atoms with E-state index in [-0.39, 0.29) is 0 Å². The molecule has 0 fully saturated rings. The molecule has 0 N–H and O–H groups in total. The van der Waals surface area contributed by atoms with Crippen LogP contribution < -0.4 is 0 Å². The molecule has 0 saturated heterocycles. The summed E-state index contributed by atoms with van der Waals surface area (Å²) in [6, 6.07) is 0. The van der Waals surface area contributed by atoms with Crippen molar-refractivity contribution in [2.75, 3.05) is 0 Å². The van der Waals surface area contributed by atoms with Gasteiger partial charge in [0, 0.05) is 18.6 Å². The Morgan fingerprint density at radius 2 is 2.50 bits per heavy atom. The standard InChI is InChI=1S/C10H14N2/c1-4-9(5-2)10-11-7-8-12(10)6-3/h4,6-8H,3,5H2,1-2H3. The summed E-state index contributed by atoms with van der Waals surface area (Å²) in [6.45, 7) is 7.86. The van der Waals surface area contributed by atoms with Gasteiger partial charge in [0.15, 0.2) is 0 Å². The monoisotopic (exact) mass is 162 g/mol. The van der Waals surface area contributed by atoms with Crippen molar-refractivity contribution >= 4 is 11.8 Å². The van der Waals surface area contributed by atoms with Crippen molar-refractivity contribution in [2.24, 2.45) is 0 Å². The van der Waals surface area contributed by atoms with E-state index in [9.17, 15) is 0 Å². The zero-order chi connectivity index (χ0) is 8.97. The van der Waals surface area contributed by atoms with E-state index in [1.807, 2.05) is 17.7 Å². The van der Waals surface area contributed by atoms with Crippen LogP contribution in [0.1, 0.15) is 26.1 Å². The van der Waals surface area contributed by atoms with Crippen molar-refractivity contribution in [3.63, 3.8) is 0 Å². The predicted octanol–water partition coefficient (Wildman–Crippen LogP) is 2.80. The molecule has 1 aromatic heterocycles. The van der Waals surface area contributed by atoms with Crippen molar-refractivity contribution in [2.45, 2.75) is 20.3 Å². The van der Waals surface area contributed by atoms with Gasteiger partial charge in [-0.15, -0.1) is 0 Å². The van der Waals surface area contributed by atoms with Crippen molar-refractivity contribution in [3.8, 4) is 0 Å². The third-order valence-electron chi connectivity index (χ3n) is 1.88. The number of allylic oxidation sites excluding steroid dienone is 2.